The Kier molecular flexibility index (Phi) is 28.5. The fourth-order valence-electron chi connectivity index (χ4n) is 17.0. The van der Waals surface area contributed by atoms with Crippen LogP contribution in [0.3, 0.4) is 0 Å². The van der Waals surface area contributed by atoms with Crippen molar-refractivity contribution in [1.29, 1.82) is 0 Å². The molecule has 0 aliphatic heterocycles. The Labute approximate surface area is 781 Å². The molecule has 3 heterocycles. The first-order valence-corrected chi connectivity index (χ1v) is 45.2. The Morgan fingerprint density at radius 1 is 0.273 bits per heavy atom. The van der Waals surface area contributed by atoms with Gasteiger partial charge in [0.25, 0.3) is 0 Å². The largest absolute Gasteiger partial charge is 0.488 e. The molecule has 0 amide bonds. The van der Waals surface area contributed by atoms with Crippen molar-refractivity contribution in [3.05, 3.63) is 471 Å². The van der Waals surface area contributed by atoms with Gasteiger partial charge in [0.05, 0.1) is 33.1 Å². The lowest BCUT2D eigenvalue weighted by atomic mass is 9.80. The Bertz CT molecular complexity index is 7470. The first-order chi connectivity index (χ1) is 62.2. The van der Waals surface area contributed by atoms with Gasteiger partial charge in [-0.3, -0.25) is 0 Å². The zero-order valence-corrected chi connectivity index (χ0v) is 75.2. The van der Waals surface area contributed by atoms with Gasteiger partial charge in [0.15, 0.2) is 0 Å². The van der Waals surface area contributed by atoms with Gasteiger partial charge in [0.1, 0.15) is 0 Å². The van der Waals surface area contributed by atoms with Gasteiger partial charge < -0.3 is 28.6 Å². The summed E-state index contributed by atoms with van der Waals surface area (Å²) in [4.78, 5) is 2.25. The first kappa shape index (κ1) is 88.5. The highest BCUT2D eigenvalue weighted by atomic mass is 79.9. The molecule has 22 aromatic rings. The van der Waals surface area contributed by atoms with Crippen molar-refractivity contribution in [2.45, 2.75) is 47.0 Å². The van der Waals surface area contributed by atoms with Crippen molar-refractivity contribution in [2.75, 3.05) is 4.90 Å². The van der Waals surface area contributed by atoms with Gasteiger partial charge in [0, 0.05) is 96.0 Å². The lowest BCUT2D eigenvalue weighted by molar-refractivity contribution is 0.426. The van der Waals surface area contributed by atoms with E-state index in [9.17, 15) is 0 Å². The second-order valence-electron chi connectivity index (χ2n) is 31.1. The van der Waals surface area contributed by atoms with Crippen LogP contribution in [0.4, 0.5) is 17.1 Å². The summed E-state index contributed by atoms with van der Waals surface area (Å²) in [5.41, 5.74) is 21.2. The molecule has 0 bridgehead atoms. The summed E-state index contributed by atoms with van der Waals surface area (Å²) in [6.07, 6.45) is 5.11. The van der Waals surface area contributed by atoms with Crippen LogP contribution in [0.5, 0.6) is 0 Å². The number of anilines is 3. The Morgan fingerprint density at radius 3 is 0.938 bits per heavy atom. The fourth-order valence-corrected chi connectivity index (χ4v) is 18.6. The molecule has 0 atom stereocenters. The van der Waals surface area contributed by atoms with Gasteiger partial charge in [-0.2, -0.15) is 0 Å². The number of hydrogen-bond donors (Lipinski definition) is 2. The van der Waals surface area contributed by atoms with E-state index in [0.29, 0.717) is 30.6 Å². The minimum Gasteiger partial charge on any atom is -0.423 e. The Balaban J connectivity index is 0.000000124. The van der Waals surface area contributed by atoms with Crippen LogP contribution in [0.25, 0.3) is 137 Å². The van der Waals surface area contributed by atoms with Crippen LogP contribution in [-0.4, -0.2) is 30.9 Å². The van der Waals surface area contributed by atoms with Crippen LogP contribution in [0.1, 0.15) is 51.7 Å². The second-order valence-corrected chi connectivity index (χ2v) is 34.2. The topological polar surface area (TPSA) is 58.5 Å². The number of halogens is 6. The van der Waals surface area contributed by atoms with Gasteiger partial charge in [-0.05, 0) is 254 Å². The number of fused-ring (bicyclic) bond motifs is 15. The van der Waals surface area contributed by atoms with Crippen molar-refractivity contribution in [2.24, 2.45) is 0 Å². The van der Waals surface area contributed by atoms with Crippen LogP contribution >= 0.6 is 73.9 Å². The van der Waals surface area contributed by atoms with Crippen molar-refractivity contribution in [1.82, 2.24) is 13.7 Å². The van der Waals surface area contributed by atoms with E-state index in [0.717, 1.165) is 61.6 Å². The van der Waals surface area contributed by atoms with E-state index in [1.165, 1.54) is 152 Å². The number of unbranched alkanes of at least 4 members (excludes halogenated alkanes) is 2. The SMILES string of the molecule is Brc1ccc2c(c1)c1c3ccccc3ccc1n2-c1ccccc1.C.CCCCC.Clc1cc(-c2ccc3c(c2)c2c4ccccc4ccc2n3-c2ccccc2)cc(N(c2ccccc2)c2ccccc2)c1.Clc1cc(Cl)cc(-c2ccc3c(c2)c2c4ccccc4ccc2n3-c2ccccc2)c1.OB(O)c1cc(Cl)cc(Cl)c1.c1ccc(Cc2ccccc2)cc1. The third kappa shape index (κ3) is 19.8. The smallest absolute Gasteiger partial charge is 0.423 e. The average molecular weight is 1830 g/mol. The minimum absolute atomic E-state index is 0. The highest BCUT2D eigenvalue weighted by molar-refractivity contribution is 9.10. The first-order valence-electron chi connectivity index (χ1n) is 42.5. The lowest BCUT2D eigenvalue weighted by Gasteiger charge is -2.26. The van der Waals surface area contributed by atoms with Gasteiger partial charge in [-0.25, -0.2) is 0 Å². The fraction of sp³-hybridized carbons (Fsp3) is 0.0609. The highest BCUT2D eigenvalue weighted by Crippen LogP contribution is 2.45. The maximum Gasteiger partial charge on any atom is 0.488 e. The van der Waals surface area contributed by atoms with Crippen LogP contribution in [0.15, 0.2) is 435 Å². The van der Waals surface area contributed by atoms with Crippen LogP contribution in [-0.2, 0) is 6.42 Å². The molecule has 2 N–H and O–H groups in total. The van der Waals surface area contributed by atoms with Gasteiger partial charge in [-0.1, -0.05) is 369 Å². The monoisotopic (exact) mass is 1820 g/mol. The molecule has 22 rings (SSSR count). The molecule has 0 spiro atoms. The highest BCUT2D eigenvalue weighted by Gasteiger charge is 2.22. The second kappa shape index (κ2) is 41.2. The summed E-state index contributed by atoms with van der Waals surface area (Å²) in [5, 5.41) is 35.3. The molecule has 128 heavy (non-hydrogen) atoms. The van der Waals surface area contributed by atoms with Crippen molar-refractivity contribution in [3.63, 3.8) is 0 Å². The zero-order valence-electron chi connectivity index (χ0n) is 69.8. The van der Waals surface area contributed by atoms with Crippen molar-refractivity contribution < 1.29 is 10.0 Å². The molecular weight excluding hydrogens is 1740 g/mol. The number of benzene rings is 19. The van der Waals surface area contributed by atoms with Gasteiger partial charge in [-0.15, -0.1) is 0 Å². The molecule has 13 heteroatoms. The molecule has 0 radical (unpaired) electrons. The molecule has 0 aliphatic rings. The van der Waals surface area contributed by atoms with E-state index in [-0.39, 0.29) is 7.43 Å². The molecule has 3 aromatic heterocycles. The van der Waals surface area contributed by atoms with Crippen LogP contribution < -0.4 is 10.4 Å². The maximum absolute atomic E-state index is 8.71. The number of nitrogens with zero attached hydrogens (tertiary/aromatic N) is 4. The number of hydrogen-bond acceptors (Lipinski definition) is 3. The Morgan fingerprint density at radius 2 is 0.578 bits per heavy atom. The molecule has 6 nitrogen and oxygen atoms in total. The van der Waals surface area contributed by atoms with E-state index >= 15 is 0 Å². The standard InChI is InChI=1S/C40H27ClN2.C28H17Cl2N.C22H14BrN.C13H12.C6H5BCl2O2.C5H12.CH4/c41-31-24-30(25-35(27-31)42(32-13-4-1-5-14-32)33-15-6-2-7-16-33)29-21-22-38-37(26-29)40-36-19-11-10-12-28(36)20-23-39(40)43(38)34-17-8-3-9-18-34;29-21-14-20(15-22(30)17-21)19-11-12-26-25(16-19)28-24-9-5-4-6-18(24)10-13-27(28)31(26)23-7-2-1-3-8-23;23-16-11-13-20-19(14-16)22-18-9-5-4-6-15(18)10-12-21(22)24(20)17-7-2-1-3-8-17;1-3-7-12(8-4-1)11-13-9-5-2-6-10-13;8-5-1-4(7(10)11)2-6(9)3-5;1-3-5-4-2;/h1-27H;1-17H;1-14H;1-10H,11H2;1-3,10-11H;3-5H2,1-2H3;1H4. The average Bonchev–Trinajstić information content (AvgIpc) is 1.59. The molecule has 628 valence electrons. The summed E-state index contributed by atoms with van der Waals surface area (Å²) in [6, 6.07) is 149. The summed E-state index contributed by atoms with van der Waals surface area (Å²) < 4.78 is 8.17. The van der Waals surface area contributed by atoms with Crippen LogP contribution in [0, 0.1) is 0 Å². The summed E-state index contributed by atoms with van der Waals surface area (Å²) in [5.74, 6) is 0. The molecule has 19 aromatic carbocycles. The molecular formula is C115H91BBrCl5N4O2. The quantitative estimate of drug-likeness (QED) is 0.113. The van der Waals surface area contributed by atoms with Crippen LogP contribution in [0.2, 0.25) is 25.1 Å². The van der Waals surface area contributed by atoms with E-state index in [1.54, 1.807) is 6.07 Å². The third-order valence-electron chi connectivity index (χ3n) is 22.7. The number of rotatable bonds is 13. The molecule has 0 saturated carbocycles. The van der Waals surface area contributed by atoms with Crippen molar-refractivity contribution >= 4 is 201 Å². The van der Waals surface area contributed by atoms with E-state index < -0.39 is 7.12 Å². The summed E-state index contributed by atoms with van der Waals surface area (Å²) in [6.45, 7) is 4.42. The molecule has 0 aliphatic carbocycles. The minimum atomic E-state index is -1.52. The predicted octanol–water partition coefficient (Wildman–Crippen LogP) is 34.1. The number of aromatic nitrogens is 3. The summed E-state index contributed by atoms with van der Waals surface area (Å²) in [7, 11) is -1.52. The van der Waals surface area contributed by atoms with Gasteiger partial charge in [0.2, 0.25) is 0 Å². The number of para-hydroxylation sites is 5. The normalized spacial score (nSPS) is 11.0. The zero-order chi connectivity index (χ0) is 87.3. The molecule has 0 fully saturated rings. The third-order valence-corrected chi connectivity index (χ3v) is 24.2. The van der Waals surface area contributed by atoms with E-state index in [2.05, 4.69) is 418 Å². The van der Waals surface area contributed by atoms with Gasteiger partial charge >= 0.3 is 7.12 Å². The summed E-state index contributed by atoms with van der Waals surface area (Å²) >= 11 is 34.3. The molecule has 0 unspecified atom stereocenters. The van der Waals surface area contributed by atoms with E-state index in [1.807, 2.05) is 36.4 Å². The molecule has 0 saturated heterocycles. The predicted molar refractivity (Wildman–Crippen MR) is 557 cm³/mol. The lowest BCUT2D eigenvalue weighted by Crippen LogP contribution is -2.29. The van der Waals surface area contributed by atoms with Crippen molar-refractivity contribution in [3.8, 4) is 39.3 Å². The van der Waals surface area contributed by atoms with E-state index in [4.69, 9.17) is 68.1 Å². The maximum atomic E-state index is 8.71. The Hall–Kier alpha value is -12.9.